The van der Waals surface area contributed by atoms with Gasteiger partial charge in [0.05, 0.1) is 18.7 Å². The molecule has 0 bridgehead atoms. The number of rotatable bonds is 3. The summed E-state index contributed by atoms with van der Waals surface area (Å²) in [6.07, 6.45) is 3.63. The van der Waals surface area contributed by atoms with Crippen LogP contribution in [0.15, 0.2) is 72.0 Å². The molecule has 1 aliphatic rings. The maximum absolute atomic E-state index is 13.1. The third-order valence-electron chi connectivity index (χ3n) is 4.39. The van der Waals surface area contributed by atoms with Crippen molar-refractivity contribution >= 4 is 11.6 Å². The molecule has 2 aromatic rings. The van der Waals surface area contributed by atoms with Gasteiger partial charge in [-0.2, -0.15) is 0 Å². The summed E-state index contributed by atoms with van der Waals surface area (Å²) in [7, 11) is 1.62. The molecule has 3 rings (SSSR count). The average molecular weight is 335 g/mol. The number of allylic oxidation sites excluding steroid dienone is 1. The minimum atomic E-state index is -0.248. The van der Waals surface area contributed by atoms with Gasteiger partial charge in [-0.05, 0) is 49.2 Å². The molecule has 25 heavy (non-hydrogen) atoms. The summed E-state index contributed by atoms with van der Waals surface area (Å²) < 4.78 is 5.22. The minimum Gasteiger partial charge on any atom is -0.512 e. The molecule has 1 N–H and O–H groups in total. The third-order valence-corrected chi connectivity index (χ3v) is 4.39. The zero-order valence-corrected chi connectivity index (χ0v) is 14.6. The van der Waals surface area contributed by atoms with E-state index in [0.717, 1.165) is 22.6 Å². The van der Waals surface area contributed by atoms with Crippen LogP contribution in [0, 0.1) is 6.92 Å². The van der Waals surface area contributed by atoms with Crippen molar-refractivity contribution in [2.24, 2.45) is 0 Å². The van der Waals surface area contributed by atoms with Gasteiger partial charge in [-0.3, -0.25) is 9.69 Å². The fourth-order valence-electron chi connectivity index (χ4n) is 3.03. The van der Waals surface area contributed by atoms with Crippen molar-refractivity contribution in [3.63, 3.8) is 0 Å². The number of para-hydroxylation sites is 1. The van der Waals surface area contributed by atoms with Crippen LogP contribution in [0.4, 0.5) is 5.69 Å². The Morgan fingerprint density at radius 2 is 1.80 bits per heavy atom. The number of carbonyl (C=O) groups excluding carboxylic acids is 1. The van der Waals surface area contributed by atoms with Gasteiger partial charge in [0.1, 0.15) is 11.5 Å². The van der Waals surface area contributed by atoms with Crippen LogP contribution in [-0.4, -0.2) is 18.1 Å². The van der Waals surface area contributed by atoms with E-state index in [4.69, 9.17) is 4.74 Å². The summed E-state index contributed by atoms with van der Waals surface area (Å²) in [6.45, 7) is 3.50. The Morgan fingerprint density at radius 3 is 2.40 bits per heavy atom. The minimum absolute atomic E-state index is 0.0213. The Labute approximate surface area is 147 Å². The first-order valence-electron chi connectivity index (χ1n) is 8.14. The standard InChI is InChI=1S/C21H21NO3/c1-14-6-4-5-7-19(14)22-20(13-12-18(15(2)23)21(22)24)16-8-10-17(25-3)11-9-16/h4-13,20,23H,1-3H3/b18-15-. The molecule has 0 aromatic heterocycles. The van der Waals surface area contributed by atoms with Gasteiger partial charge in [0.25, 0.3) is 5.91 Å². The molecule has 0 radical (unpaired) electrons. The molecule has 1 aliphatic heterocycles. The van der Waals surface area contributed by atoms with Crippen LogP contribution in [0.5, 0.6) is 5.75 Å². The molecule has 4 nitrogen and oxygen atoms in total. The molecule has 4 heteroatoms. The number of hydrogen-bond donors (Lipinski definition) is 1. The Hall–Kier alpha value is -3.01. The summed E-state index contributed by atoms with van der Waals surface area (Å²) >= 11 is 0. The average Bonchev–Trinajstić information content (AvgIpc) is 2.62. The smallest absolute Gasteiger partial charge is 0.262 e. The lowest BCUT2D eigenvalue weighted by Crippen LogP contribution is -2.38. The fraction of sp³-hybridized carbons (Fsp3) is 0.190. The second-order valence-electron chi connectivity index (χ2n) is 6.04. The number of hydrogen-bond acceptors (Lipinski definition) is 3. The van der Waals surface area contributed by atoms with Gasteiger partial charge in [0.15, 0.2) is 0 Å². The van der Waals surface area contributed by atoms with E-state index in [1.165, 1.54) is 6.92 Å². The molecular weight excluding hydrogens is 314 g/mol. The van der Waals surface area contributed by atoms with E-state index in [1.54, 1.807) is 18.1 Å². The van der Waals surface area contributed by atoms with Gasteiger partial charge in [-0.15, -0.1) is 0 Å². The van der Waals surface area contributed by atoms with Crippen molar-refractivity contribution in [2.75, 3.05) is 12.0 Å². The number of carbonyl (C=O) groups is 1. The van der Waals surface area contributed by atoms with Crippen LogP contribution in [0.25, 0.3) is 0 Å². The first-order valence-corrected chi connectivity index (χ1v) is 8.14. The maximum Gasteiger partial charge on any atom is 0.262 e. The molecule has 1 heterocycles. The van der Waals surface area contributed by atoms with E-state index in [0.29, 0.717) is 5.57 Å². The number of amides is 1. The van der Waals surface area contributed by atoms with Crippen LogP contribution in [0.2, 0.25) is 0 Å². The largest absolute Gasteiger partial charge is 0.512 e. The number of ether oxygens (including phenoxy) is 1. The van der Waals surface area contributed by atoms with Gasteiger partial charge >= 0.3 is 0 Å². The van der Waals surface area contributed by atoms with E-state index < -0.39 is 0 Å². The Morgan fingerprint density at radius 1 is 1.12 bits per heavy atom. The second-order valence-corrected chi connectivity index (χ2v) is 6.04. The number of aryl methyl sites for hydroxylation is 1. The first kappa shape index (κ1) is 16.8. The molecular formula is C21H21NO3. The van der Waals surface area contributed by atoms with Gasteiger partial charge < -0.3 is 9.84 Å². The van der Waals surface area contributed by atoms with E-state index in [-0.39, 0.29) is 17.7 Å². The van der Waals surface area contributed by atoms with Gasteiger partial charge in [0.2, 0.25) is 0 Å². The van der Waals surface area contributed by atoms with Crippen molar-refractivity contribution in [2.45, 2.75) is 19.9 Å². The Balaban J connectivity index is 2.13. The normalized spacial score (nSPS) is 19.1. The predicted octanol–water partition coefficient (Wildman–Crippen LogP) is 4.48. The van der Waals surface area contributed by atoms with Crippen molar-refractivity contribution in [3.8, 4) is 5.75 Å². The molecule has 128 valence electrons. The second kappa shape index (κ2) is 6.85. The molecule has 0 fully saturated rings. The number of benzene rings is 2. The zero-order valence-electron chi connectivity index (χ0n) is 14.6. The van der Waals surface area contributed by atoms with Gasteiger partial charge in [-0.1, -0.05) is 36.4 Å². The van der Waals surface area contributed by atoms with E-state index >= 15 is 0 Å². The van der Waals surface area contributed by atoms with Gasteiger partial charge in [0, 0.05) is 5.69 Å². The highest BCUT2D eigenvalue weighted by molar-refractivity contribution is 6.10. The quantitative estimate of drug-likeness (QED) is 0.664. The summed E-state index contributed by atoms with van der Waals surface area (Å²) in [4.78, 5) is 14.8. The lowest BCUT2D eigenvalue weighted by atomic mass is 9.96. The predicted molar refractivity (Wildman–Crippen MR) is 98.9 cm³/mol. The third kappa shape index (κ3) is 3.15. The lowest BCUT2D eigenvalue weighted by Gasteiger charge is -2.34. The lowest BCUT2D eigenvalue weighted by molar-refractivity contribution is -0.115. The van der Waals surface area contributed by atoms with E-state index in [1.807, 2.05) is 61.5 Å². The summed E-state index contributed by atoms with van der Waals surface area (Å²) in [6, 6.07) is 15.2. The highest BCUT2D eigenvalue weighted by Gasteiger charge is 2.32. The molecule has 0 aliphatic carbocycles. The number of aliphatic hydroxyl groups is 1. The maximum atomic E-state index is 13.1. The van der Waals surface area contributed by atoms with Crippen molar-refractivity contribution in [1.82, 2.24) is 0 Å². The molecule has 1 amide bonds. The first-order chi connectivity index (χ1) is 12.0. The Bertz CT molecular complexity index is 846. The number of methoxy groups -OCH3 is 1. The van der Waals surface area contributed by atoms with E-state index in [9.17, 15) is 9.90 Å². The van der Waals surface area contributed by atoms with Crippen LogP contribution >= 0.6 is 0 Å². The number of anilines is 1. The molecule has 2 aromatic carbocycles. The summed E-state index contributed by atoms with van der Waals surface area (Å²) in [5.74, 6) is 0.578. The highest BCUT2D eigenvalue weighted by atomic mass is 16.5. The fourth-order valence-corrected chi connectivity index (χ4v) is 3.03. The van der Waals surface area contributed by atoms with Crippen LogP contribution < -0.4 is 9.64 Å². The molecule has 0 saturated heterocycles. The Kier molecular flexibility index (Phi) is 4.61. The summed E-state index contributed by atoms with van der Waals surface area (Å²) in [5.41, 5.74) is 3.12. The highest BCUT2D eigenvalue weighted by Crippen LogP contribution is 2.36. The monoisotopic (exact) mass is 335 g/mol. The van der Waals surface area contributed by atoms with Gasteiger partial charge in [-0.25, -0.2) is 0 Å². The number of nitrogens with zero attached hydrogens (tertiary/aromatic N) is 1. The van der Waals surface area contributed by atoms with Crippen LogP contribution in [0.1, 0.15) is 24.1 Å². The topological polar surface area (TPSA) is 49.8 Å². The summed E-state index contributed by atoms with van der Waals surface area (Å²) in [5, 5.41) is 9.87. The SMILES string of the molecule is COc1ccc(C2C=C/C(=C(\C)O)C(=O)N2c2ccccc2C)cc1. The number of aliphatic hydroxyl groups excluding tert-OH is 1. The van der Waals surface area contributed by atoms with E-state index in [2.05, 4.69) is 0 Å². The zero-order chi connectivity index (χ0) is 18.0. The van der Waals surface area contributed by atoms with Crippen LogP contribution in [-0.2, 0) is 4.79 Å². The molecule has 1 unspecified atom stereocenters. The molecule has 0 saturated carbocycles. The molecule has 1 atom stereocenters. The molecule has 0 spiro atoms. The van der Waals surface area contributed by atoms with Crippen LogP contribution in [0.3, 0.4) is 0 Å². The van der Waals surface area contributed by atoms with Crippen molar-refractivity contribution in [1.29, 1.82) is 0 Å². The van der Waals surface area contributed by atoms with Crippen molar-refractivity contribution < 1.29 is 14.6 Å². The van der Waals surface area contributed by atoms with Crippen molar-refractivity contribution in [3.05, 3.63) is 83.1 Å².